The van der Waals surface area contributed by atoms with Crippen molar-refractivity contribution in [1.82, 2.24) is 4.90 Å². The number of aliphatic imine (C=N–C) groups is 2. The maximum absolute atomic E-state index is 12.7. The van der Waals surface area contributed by atoms with E-state index in [2.05, 4.69) is 43.4 Å². The summed E-state index contributed by atoms with van der Waals surface area (Å²) in [5.41, 5.74) is 3.59. The minimum Gasteiger partial charge on any atom is -0.324 e. The number of anilines is 1. The largest absolute Gasteiger partial charge is 0.324 e. The van der Waals surface area contributed by atoms with Crippen LogP contribution in [0.4, 0.5) is 10.5 Å². The zero-order valence-corrected chi connectivity index (χ0v) is 19.5. The maximum Gasteiger partial charge on any atom is 0.321 e. The van der Waals surface area contributed by atoms with Gasteiger partial charge in [-0.1, -0.05) is 54.4 Å². The fraction of sp³-hybridized carbons (Fsp3) is 0.375. The Hall–Kier alpha value is -2.31. The summed E-state index contributed by atoms with van der Waals surface area (Å²) >= 11 is 7.81. The van der Waals surface area contributed by atoms with Crippen molar-refractivity contribution in [2.75, 3.05) is 24.2 Å². The molecule has 2 aliphatic heterocycles. The number of urea groups is 1. The van der Waals surface area contributed by atoms with Crippen molar-refractivity contribution >= 4 is 45.8 Å². The fourth-order valence-electron chi connectivity index (χ4n) is 3.78. The van der Waals surface area contributed by atoms with Crippen LogP contribution in [0.5, 0.6) is 0 Å². The van der Waals surface area contributed by atoms with Gasteiger partial charge in [0, 0.05) is 42.2 Å². The molecule has 0 bridgehead atoms. The maximum atomic E-state index is 12.7. The van der Waals surface area contributed by atoms with Gasteiger partial charge in [0.25, 0.3) is 0 Å². The summed E-state index contributed by atoms with van der Waals surface area (Å²) in [5.74, 6) is 1.02. The van der Waals surface area contributed by atoms with Gasteiger partial charge in [0.2, 0.25) is 0 Å². The van der Waals surface area contributed by atoms with Gasteiger partial charge in [-0.2, -0.15) is 0 Å². The number of nitrogens with one attached hydrogen (secondary N) is 1. The third-order valence-corrected chi connectivity index (χ3v) is 6.93. The van der Waals surface area contributed by atoms with E-state index in [0.717, 1.165) is 41.3 Å². The first-order valence-electron chi connectivity index (χ1n) is 10.7. The van der Waals surface area contributed by atoms with E-state index in [-0.39, 0.29) is 6.03 Å². The van der Waals surface area contributed by atoms with Gasteiger partial charge in [-0.15, -0.1) is 11.8 Å². The zero-order valence-electron chi connectivity index (χ0n) is 17.9. The van der Waals surface area contributed by atoms with Crippen LogP contribution < -0.4 is 5.32 Å². The van der Waals surface area contributed by atoms with Gasteiger partial charge in [-0.3, -0.25) is 4.99 Å². The average molecular weight is 455 g/mol. The van der Waals surface area contributed by atoms with E-state index in [9.17, 15) is 4.79 Å². The lowest BCUT2D eigenvalue weighted by atomic mass is 9.98. The Balaban J connectivity index is 1.47. The van der Waals surface area contributed by atoms with E-state index in [1.165, 1.54) is 5.56 Å². The number of benzene rings is 2. The summed E-state index contributed by atoms with van der Waals surface area (Å²) in [7, 11) is 0. The van der Waals surface area contributed by atoms with Gasteiger partial charge < -0.3 is 10.2 Å². The molecule has 5 nitrogen and oxygen atoms in total. The second kappa shape index (κ2) is 9.45. The lowest BCUT2D eigenvalue weighted by Gasteiger charge is -2.35. The van der Waals surface area contributed by atoms with Gasteiger partial charge in [-0.05, 0) is 37.3 Å². The first-order chi connectivity index (χ1) is 15.0. The lowest BCUT2D eigenvalue weighted by molar-refractivity contribution is 0.175. The Kier molecular flexibility index (Phi) is 6.68. The van der Waals surface area contributed by atoms with Crippen LogP contribution in [-0.2, 0) is 0 Å². The standard InChI is InChI=1S/C24H27ClN4OS/c1-3-15-31-22-21(18-9-7-17(2)8-10-18)27-24(28-22)11-13-29(14-12-24)23(30)26-20-6-4-5-19(25)16-20/h4-10,16H,3,11-15H2,1-2H3,(H,26,30). The number of aryl methyl sites for hydroxylation is 1. The van der Waals surface area contributed by atoms with Crippen molar-refractivity contribution in [3.05, 3.63) is 64.7 Å². The molecular weight excluding hydrogens is 428 g/mol. The Morgan fingerprint density at radius 2 is 1.90 bits per heavy atom. The summed E-state index contributed by atoms with van der Waals surface area (Å²) in [6.07, 6.45) is 2.54. The van der Waals surface area contributed by atoms with Gasteiger partial charge >= 0.3 is 6.03 Å². The van der Waals surface area contributed by atoms with Crippen molar-refractivity contribution in [3.63, 3.8) is 0 Å². The smallest absolute Gasteiger partial charge is 0.321 e. The number of nitrogens with zero attached hydrogens (tertiary/aromatic N) is 3. The van der Waals surface area contributed by atoms with Crippen molar-refractivity contribution in [1.29, 1.82) is 0 Å². The van der Waals surface area contributed by atoms with Gasteiger partial charge in [-0.25, -0.2) is 9.79 Å². The van der Waals surface area contributed by atoms with E-state index < -0.39 is 5.66 Å². The average Bonchev–Trinajstić information content (AvgIpc) is 3.11. The normalized spacial score (nSPS) is 17.5. The molecule has 1 N–H and O–H groups in total. The van der Waals surface area contributed by atoms with Crippen LogP contribution >= 0.6 is 23.4 Å². The van der Waals surface area contributed by atoms with Crippen molar-refractivity contribution in [3.8, 4) is 0 Å². The highest BCUT2D eigenvalue weighted by atomic mass is 35.5. The SMILES string of the molecule is CCCSC1=NC2(CCN(C(=O)Nc3cccc(Cl)c3)CC2)N=C1c1ccc(C)cc1. The molecule has 2 heterocycles. The summed E-state index contributed by atoms with van der Waals surface area (Å²) in [4.78, 5) is 24.7. The minimum atomic E-state index is -0.455. The Labute approximate surface area is 193 Å². The highest BCUT2D eigenvalue weighted by molar-refractivity contribution is 8.15. The number of carbonyl (C=O) groups is 1. The summed E-state index contributed by atoms with van der Waals surface area (Å²) in [5, 5.41) is 4.57. The number of hydrogen-bond donors (Lipinski definition) is 1. The van der Waals surface area contributed by atoms with Gasteiger partial charge in [0.15, 0.2) is 5.66 Å². The second-order valence-electron chi connectivity index (χ2n) is 8.00. The minimum absolute atomic E-state index is 0.109. The van der Waals surface area contributed by atoms with Gasteiger partial charge in [0.1, 0.15) is 5.04 Å². The number of thioether (sulfide) groups is 1. The van der Waals surface area contributed by atoms with Crippen LogP contribution in [-0.4, -0.2) is 46.2 Å². The molecule has 2 amide bonds. The number of piperidine rings is 1. The predicted octanol–water partition coefficient (Wildman–Crippen LogP) is 6.02. The molecule has 2 aromatic carbocycles. The van der Waals surface area contributed by atoms with Crippen LogP contribution in [0.25, 0.3) is 0 Å². The molecule has 1 spiro atoms. The van der Waals surface area contributed by atoms with E-state index in [1.54, 1.807) is 23.9 Å². The topological polar surface area (TPSA) is 57.1 Å². The van der Waals surface area contributed by atoms with Crippen molar-refractivity contribution in [2.45, 2.75) is 38.8 Å². The van der Waals surface area contributed by atoms with Crippen LogP contribution in [0.3, 0.4) is 0 Å². The Bertz CT molecular complexity index is 1010. The number of likely N-dealkylation sites (tertiary alicyclic amines) is 1. The van der Waals surface area contributed by atoms with Crippen LogP contribution in [0.2, 0.25) is 5.02 Å². The highest BCUT2D eigenvalue weighted by Gasteiger charge is 2.40. The third kappa shape index (κ3) is 5.13. The molecular formula is C24H27ClN4OS. The number of hydrogen-bond acceptors (Lipinski definition) is 4. The molecule has 0 unspecified atom stereocenters. The summed E-state index contributed by atoms with van der Waals surface area (Å²) < 4.78 is 0. The first kappa shape index (κ1) is 21.9. The zero-order chi connectivity index (χ0) is 21.8. The van der Waals surface area contributed by atoms with E-state index >= 15 is 0 Å². The summed E-state index contributed by atoms with van der Waals surface area (Å²) in [6, 6.07) is 15.6. The monoisotopic (exact) mass is 454 g/mol. The predicted molar refractivity (Wildman–Crippen MR) is 132 cm³/mol. The van der Waals surface area contributed by atoms with Crippen molar-refractivity contribution < 1.29 is 4.79 Å². The highest BCUT2D eigenvalue weighted by Crippen LogP contribution is 2.36. The number of halogens is 1. The Morgan fingerprint density at radius 3 is 2.58 bits per heavy atom. The van der Waals surface area contributed by atoms with E-state index in [0.29, 0.717) is 23.8 Å². The van der Waals surface area contributed by atoms with Gasteiger partial charge in [0.05, 0.1) is 5.71 Å². The molecule has 2 aromatic rings. The van der Waals surface area contributed by atoms with E-state index in [1.807, 2.05) is 17.0 Å². The molecule has 7 heteroatoms. The third-order valence-electron chi connectivity index (χ3n) is 5.53. The van der Waals surface area contributed by atoms with Crippen molar-refractivity contribution in [2.24, 2.45) is 9.98 Å². The number of carbonyl (C=O) groups excluding carboxylic acids is 1. The number of rotatable bonds is 4. The lowest BCUT2D eigenvalue weighted by Crippen LogP contribution is -2.46. The molecule has 1 fully saturated rings. The second-order valence-corrected chi connectivity index (χ2v) is 9.52. The summed E-state index contributed by atoms with van der Waals surface area (Å²) in [6.45, 7) is 5.50. The first-order valence-corrected chi connectivity index (χ1v) is 12.1. The number of amides is 2. The molecule has 0 aromatic heterocycles. The van der Waals surface area contributed by atoms with Crippen LogP contribution in [0.15, 0.2) is 58.5 Å². The molecule has 0 aliphatic carbocycles. The molecule has 4 rings (SSSR count). The fourth-order valence-corrected chi connectivity index (χ4v) is 4.90. The molecule has 31 heavy (non-hydrogen) atoms. The van der Waals surface area contributed by atoms with E-state index in [4.69, 9.17) is 21.6 Å². The molecule has 2 aliphatic rings. The molecule has 0 saturated carbocycles. The van der Waals surface area contributed by atoms with Crippen LogP contribution in [0, 0.1) is 6.92 Å². The molecule has 0 radical (unpaired) electrons. The van der Waals surface area contributed by atoms with Crippen LogP contribution in [0.1, 0.15) is 37.3 Å². The quantitative estimate of drug-likeness (QED) is 0.614. The molecule has 162 valence electrons. The Morgan fingerprint density at radius 1 is 1.16 bits per heavy atom. The molecule has 0 atom stereocenters. The molecule has 1 saturated heterocycles.